The first kappa shape index (κ1) is 20.3. The molecule has 7 heteroatoms. The molecule has 1 aromatic heterocycles. The van der Waals surface area contributed by atoms with Crippen LogP contribution in [-0.4, -0.2) is 60.1 Å². The van der Waals surface area contributed by atoms with Gasteiger partial charge in [0.1, 0.15) is 12.3 Å². The number of nitrogens with one attached hydrogen (secondary N) is 1. The number of ether oxygens (including phenoxy) is 1. The molecule has 2 rings (SSSR count). The molecule has 0 aromatic carbocycles. The Hall–Kier alpha value is -2.02. The monoisotopic (exact) mass is 365 g/mol. The lowest BCUT2D eigenvalue weighted by Gasteiger charge is -2.31. The second kappa shape index (κ2) is 10.2. The van der Waals surface area contributed by atoms with Crippen molar-refractivity contribution >= 4 is 11.9 Å². The van der Waals surface area contributed by atoms with Crippen molar-refractivity contribution in [2.24, 2.45) is 0 Å². The summed E-state index contributed by atoms with van der Waals surface area (Å²) in [5.41, 5.74) is 0. The van der Waals surface area contributed by atoms with Crippen molar-refractivity contribution in [3.05, 3.63) is 24.2 Å². The minimum atomic E-state index is -0.203. The Balaban J connectivity index is 2.07. The summed E-state index contributed by atoms with van der Waals surface area (Å²) in [4.78, 5) is 28.7. The summed E-state index contributed by atoms with van der Waals surface area (Å²) in [5.74, 6) is 0.632. The van der Waals surface area contributed by atoms with Gasteiger partial charge in [-0.05, 0) is 45.2 Å². The van der Waals surface area contributed by atoms with Gasteiger partial charge in [-0.15, -0.1) is 0 Å². The molecule has 2 heterocycles. The van der Waals surface area contributed by atoms with E-state index in [-0.39, 0.29) is 30.6 Å². The van der Waals surface area contributed by atoms with Gasteiger partial charge in [0.25, 0.3) is 0 Å². The first-order chi connectivity index (χ1) is 12.5. The van der Waals surface area contributed by atoms with E-state index in [0.717, 1.165) is 31.6 Å². The Kier molecular flexibility index (Phi) is 7.97. The maximum atomic E-state index is 13.0. The van der Waals surface area contributed by atoms with Gasteiger partial charge in [0.2, 0.25) is 5.91 Å². The van der Waals surface area contributed by atoms with E-state index in [1.807, 2.05) is 32.9 Å². The van der Waals surface area contributed by atoms with Crippen LogP contribution in [0.1, 0.15) is 45.8 Å². The normalized spacial score (nSPS) is 17.7. The van der Waals surface area contributed by atoms with Crippen LogP contribution in [0.15, 0.2) is 22.8 Å². The van der Waals surface area contributed by atoms with Crippen molar-refractivity contribution in [1.82, 2.24) is 15.1 Å². The first-order valence-electron chi connectivity index (χ1n) is 9.51. The number of rotatable bonds is 9. The van der Waals surface area contributed by atoms with E-state index in [4.69, 9.17) is 9.15 Å². The Morgan fingerprint density at radius 3 is 2.77 bits per heavy atom. The highest BCUT2D eigenvalue weighted by molar-refractivity contribution is 5.84. The van der Waals surface area contributed by atoms with Crippen LogP contribution >= 0.6 is 0 Å². The zero-order valence-corrected chi connectivity index (χ0v) is 16.1. The molecule has 1 aliphatic rings. The van der Waals surface area contributed by atoms with Gasteiger partial charge in [0.05, 0.1) is 18.9 Å². The predicted molar refractivity (Wildman–Crippen MR) is 98.6 cm³/mol. The number of hydrogen-bond donors (Lipinski definition) is 1. The van der Waals surface area contributed by atoms with Gasteiger partial charge in [-0.1, -0.05) is 6.92 Å². The second-order valence-electron chi connectivity index (χ2n) is 6.71. The standard InChI is InChI=1S/C19H31N3O4/c1-4-15(3)22(19(24)20-5-2)14-18(23)21(12-16-8-6-10-25-16)13-17-9-7-11-26-17/h6,8,10,15,17H,4-5,7,9,11-14H2,1-3H3,(H,20,24)/t15-,17-/m0/s1. The quantitative estimate of drug-likeness (QED) is 0.730. The summed E-state index contributed by atoms with van der Waals surface area (Å²) in [5, 5.41) is 2.80. The fourth-order valence-electron chi connectivity index (χ4n) is 3.03. The largest absolute Gasteiger partial charge is 0.467 e. The Labute approximate surface area is 155 Å². The number of carbonyl (C=O) groups is 2. The van der Waals surface area contributed by atoms with Crippen LogP contribution < -0.4 is 5.32 Å². The third kappa shape index (κ3) is 5.76. The summed E-state index contributed by atoms with van der Waals surface area (Å²) < 4.78 is 11.1. The van der Waals surface area contributed by atoms with Crippen molar-refractivity contribution in [3.63, 3.8) is 0 Å². The highest BCUT2D eigenvalue weighted by Crippen LogP contribution is 2.16. The molecule has 1 saturated heterocycles. The number of carbonyl (C=O) groups excluding carboxylic acids is 2. The minimum Gasteiger partial charge on any atom is -0.467 e. The van der Waals surface area contributed by atoms with E-state index in [1.54, 1.807) is 16.1 Å². The molecule has 0 saturated carbocycles. The number of urea groups is 1. The highest BCUT2D eigenvalue weighted by atomic mass is 16.5. The van der Waals surface area contributed by atoms with Gasteiger partial charge in [-0.25, -0.2) is 4.79 Å². The van der Waals surface area contributed by atoms with Crippen molar-refractivity contribution in [1.29, 1.82) is 0 Å². The van der Waals surface area contributed by atoms with E-state index in [9.17, 15) is 9.59 Å². The Morgan fingerprint density at radius 2 is 2.19 bits per heavy atom. The molecule has 146 valence electrons. The summed E-state index contributed by atoms with van der Waals surface area (Å²) in [6.07, 6.45) is 4.41. The third-order valence-corrected chi connectivity index (χ3v) is 4.74. The van der Waals surface area contributed by atoms with Crippen LogP contribution in [0.4, 0.5) is 4.79 Å². The molecule has 0 bridgehead atoms. The van der Waals surface area contributed by atoms with Crippen LogP contribution in [0.3, 0.4) is 0 Å². The van der Waals surface area contributed by atoms with Crippen LogP contribution in [-0.2, 0) is 16.1 Å². The Morgan fingerprint density at radius 1 is 1.38 bits per heavy atom. The van der Waals surface area contributed by atoms with Gasteiger partial charge >= 0.3 is 6.03 Å². The van der Waals surface area contributed by atoms with E-state index < -0.39 is 0 Å². The van der Waals surface area contributed by atoms with Crippen molar-refractivity contribution in [2.75, 3.05) is 26.2 Å². The SMILES string of the molecule is CCNC(=O)N(CC(=O)N(Cc1ccco1)C[C@@H]1CCCO1)[C@@H](C)CC. The average molecular weight is 365 g/mol. The highest BCUT2D eigenvalue weighted by Gasteiger charge is 2.27. The fraction of sp³-hybridized carbons (Fsp3) is 0.684. The van der Waals surface area contributed by atoms with Crippen LogP contribution in [0.2, 0.25) is 0 Å². The van der Waals surface area contributed by atoms with Gasteiger partial charge in [0.15, 0.2) is 0 Å². The molecular formula is C19H31N3O4. The van der Waals surface area contributed by atoms with Gasteiger partial charge in [-0.2, -0.15) is 0 Å². The molecule has 1 N–H and O–H groups in total. The van der Waals surface area contributed by atoms with Crippen molar-refractivity contribution in [3.8, 4) is 0 Å². The van der Waals surface area contributed by atoms with Crippen LogP contribution in [0.25, 0.3) is 0 Å². The molecule has 0 radical (unpaired) electrons. The van der Waals surface area contributed by atoms with Gasteiger partial charge in [0, 0.05) is 25.7 Å². The van der Waals surface area contributed by atoms with E-state index >= 15 is 0 Å². The lowest BCUT2D eigenvalue weighted by Crippen LogP contribution is -2.51. The van der Waals surface area contributed by atoms with Crippen molar-refractivity contribution < 1.29 is 18.7 Å². The van der Waals surface area contributed by atoms with E-state index in [1.165, 1.54) is 0 Å². The molecule has 1 aliphatic heterocycles. The van der Waals surface area contributed by atoms with E-state index in [2.05, 4.69) is 5.32 Å². The zero-order valence-electron chi connectivity index (χ0n) is 16.1. The molecule has 0 spiro atoms. The molecule has 26 heavy (non-hydrogen) atoms. The average Bonchev–Trinajstić information content (AvgIpc) is 3.32. The fourth-order valence-corrected chi connectivity index (χ4v) is 3.03. The van der Waals surface area contributed by atoms with Gasteiger partial charge in [-0.3, -0.25) is 4.79 Å². The van der Waals surface area contributed by atoms with Crippen molar-refractivity contribution in [2.45, 2.75) is 58.7 Å². The molecule has 3 amide bonds. The molecule has 7 nitrogen and oxygen atoms in total. The van der Waals surface area contributed by atoms with Crippen LogP contribution in [0, 0.1) is 0 Å². The van der Waals surface area contributed by atoms with Gasteiger partial charge < -0.3 is 24.3 Å². The predicted octanol–water partition coefficient (Wildman–Crippen LogP) is 2.62. The summed E-state index contributed by atoms with van der Waals surface area (Å²) in [6, 6.07) is 3.44. The first-order valence-corrected chi connectivity index (χ1v) is 9.51. The maximum Gasteiger partial charge on any atom is 0.318 e. The lowest BCUT2D eigenvalue weighted by molar-refractivity contribution is -0.134. The topological polar surface area (TPSA) is 75.0 Å². The number of nitrogens with zero attached hydrogens (tertiary/aromatic N) is 2. The summed E-state index contributed by atoms with van der Waals surface area (Å²) >= 11 is 0. The molecule has 0 aliphatic carbocycles. The summed E-state index contributed by atoms with van der Waals surface area (Å²) in [6.45, 7) is 8.06. The molecular weight excluding hydrogens is 334 g/mol. The zero-order chi connectivity index (χ0) is 18.9. The lowest BCUT2D eigenvalue weighted by atomic mass is 10.2. The Bertz CT molecular complexity index is 555. The smallest absolute Gasteiger partial charge is 0.318 e. The molecule has 2 atom stereocenters. The summed E-state index contributed by atoms with van der Waals surface area (Å²) in [7, 11) is 0. The minimum absolute atomic E-state index is 0.0151. The number of furan rings is 1. The number of amides is 3. The second-order valence-corrected chi connectivity index (χ2v) is 6.71. The molecule has 1 aromatic rings. The molecule has 1 fully saturated rings. The van der Waals surface area contributed by atoms with Crippen LogP contribution in [0.5, 0.6) is 0 Å². The maximum absolute atomic E-state index is 13.0. The van der Waals surface area contributed by atoms with E-state index in [0.29, 0.717) is 19.6 Å². The molecule has 0 unspecified atom stereocenters. The third-order valence-electron chi connectivity index (χ3n) is 4.74. The number of hydrogen-bond acceptors (Lipinski definition) is 4.